The van der Waals surface area contributed by atoms with Crippen molar-refractivity contribution in [3.8, 4) is 0 Å². The molecule has 0 bridgehead atoms. The molecule has 0 aliphatic rings. The zero-order chi connectivity index (χ0) is 9.94. The van der Waals surface area contributed by atoms with E-state index in [0.29, 0.717) is 5.15 Å². The van der Waals surface area contributed by atoms with Gasteiger partial charge in [-0.25, -0.2) is 4.98 Å². The highest BCUT2D eigenvalue weighted by atomic mass is 35.5. The first-order valence-corrected chi connectivity index (χ1v) is 5.20. The van der Waals surface area contributed by atoms with Crippen LogP contribution in [0.15, 0.2) is 18.6 Å². The van der Waals surface area contributed by atoms with E-state index in [1.165, 1.54) is 25.5 Å². The first kappa shape index (κ1) is 12.7. The van der Waals surface area contributed by atoms with Crippen molar-refractivity contribution in [2.75, 3.05) is 5.88 Å². The molecule has 0 amide bonds. The molecule has 0 spiro atoms. The summed E-state index contributed by atoms with van der Waals surface area (Å²) in [5.74, 6) is 0.827. The summed E-state index contributed by atoms with van der Waals surface area (Å²) in [6, 6.07) is 0. The van der Waals surface area contributed by atoms with Gasteiger partial charge in [-0.05, 0) is 6.42 Å². The molecule has 1 aromatic heterocycles. The van der Waals surface area contributed by atoms with Crippen LogP contribution < -0.4 is 0 Å². The van der Waals surface area contributed by atoms with Crippen molar-refractivity contribution >= 4 is 23.2 Å². The Labute approximate surface area is 89.3 Å². The second kappa shape index (κ2) is 9.75. The fourth-order valence-electron chi connectivity index (χ4n) is 0.625. The van der Waals surface area contributed by atoms with E-state index in [1.807, 2.05) is 0 Å². The maximum absolute atomic E-state index is 5.38. The molecule has 2 nitrogen and oxygen atoms in total. The minimum Gasteiger partial charge on any atom is -0.260 e. The van der Waals surface area contributed by atoms with Gasteiger partial charge in [0.2, 0.25) is 0 Å². The quantitative estimate of drug-likeness (QED) is 0.576. The highest BCUT2D eigenvalue weighted by molar-refractivity contribution is 6.29. The van der Waals surface area contributed by atoms with Crippen LogP contribution in [-0.2, 0) is 0 Å². The average molecular weight is 221 g/mol. The van der Waals surface area contributed by atoms with Crippen molar-refractivity contribution < 1.29 is 0 Å². The summed E-state index contributed by atoms with van der Waals surface area (Å²) in [5.41, 5.74) is 0. The molecule has 1 aromatic rings. The van der Waals surface area contributed by atoms with Gasteiger partial charge in [0, 0.05) is 18.3 Å². The van der Waals surface area contributed by atoms with Gasteiger partial charge in [0.05, 0.1) is 6.20 Å². The SMILES string of the molecule is CCCCCCl.Clc1cnccn1. The lowest BCUT2D eigenvalue weighted by molar-refractivity contribution is 0.776. The first-order valence-electron chi connectivity index (χ1n) is 4.28. The van der Waals surface area contributed by atoms with Gasteiger partial charge < -0.3 is 0 Å². The lowest BCUT2D eigenvalue weighted by Crippen LogP contribution is -1.71. The van der Waals surface area contributed by atoms with Gasteiger partial charge in [-0.1, -0.05) is 31.4 Å². The van der Waals surface area contributed by atoms with Crippen molar-refractivity contribution in [1.29, 1.82) is 0 Å². The van der Waals surface area contributed by atoms with Crippen molar-refractivity contribution in [2.24, 2.45) is 0 Å². The van der Waals surface area contributed by atoms with Gasteiger partial charge in [-0.3, -0.25) is 4.98 Å². The summed E-state index contributed by atoms with van der Waals surface area (Å²) in [5, 5.41) is 0.433. The molecule has 1 rings (SSSR count). The van der Waals surface area contributed by atoms with Crippen LogP contribution in [0.25, 0.3) is 0 Å². The largest absolute Gasteiger partial charge is 0.260 e. The first-order chi connectivity index (χ1) is 6.31. The summed E-state index contributed by atoms with van der Waals surface area (Å²) in [6.45, 7) is 2.17. The van der Waals surface area contributed by atoms with Crippen LogP contribution in [0.5, 0.6) is 0 Å². The molecule has 0 unspecified atom stereocenters. The average Bonchev–Trinajstić information content (AvgIpc) is 2.17. The summed E-state index contributed by atoms with van der Waals surface area (Å²) in [4.78, 5) is 7.37. The zero-order valence-electron chi connectivity index (χ0n) is 7.71. The number of halogens is 2. The summed E-state index contributed by atoms with van der Waals surface area (Å²) in [7, 11) is 0. The van der Waals surface area contributed by atoms with Crippen LogP contribution in [0.3, 0.4) is 0 Å². The van der Waals surface area contributed by atoms with Crippen molar-refractivity contribution in [2.45, 2.75) is 26.2 Å². The Morgan fingerprint density at radius 1 is 1.31 bits per heavy atom. The number of unbranched alkanes of at least 4 members (excludes halogenated alkanes) is 2. The molecule has 0 aromatic carbocycles. The van der Waals surface area contributed by atoms with E-state index in [0.717, 1.165) is 5.88 Å². The molecular formula is C9H14Cl2N2. The molecular weight excluding hydrogens is 207 g/mol. The summed E-state index contributed by atoms with van der Waals surface area (Å²) >= 11 is 10.7. The Bertz CT molecular complexity index is 188. The van der Waals surface area contributed by atoms with Gasteiger partial charge >= 0.3 is 0 Å². The summed E-state index contributed by atoms with van der Waals surface area (Å²) in [6.07, 6.45) is 8.34. The number of hydrogen-bond acceptors (Lipinski definition) is 2. The van der Waals surface area contributed by atoms with Gasteiger partial charge in [0.15, 0.2) is 0 Å². The standard InChI is InChI=1S/C5H11Cl.C4H3ClN2/c1-2-3-4-5-6;5-4-3-6-1-2-7-4/h2-5H2,1H3;1-3H. The summed E-state index contributed by atoms with van der Waals surface area (Å²) < 4.78 is 0. The van der Waals surface area contributed by atoms with E-state index in [-0.39, 0.29) is 0 Å². The Morgan fingerprint density at radius 2 is 2.08 bits per heavy atom. The molecule has 74 valence electrons. The Balaban J connectivity index is 0.000000226. The lowest BCUT2D eigenvalue weighted by Gasteiger charge is -1.84. The molecule has 13 heavy (non-hydrogen) atoms. The molecule has 0 saturated carbocycles. The lowest BCUT2D eigenvalue weighted by atomic mass is 10.3. The van der Waals surface area contributed by atoms with Crippen LogP contribution in [-0.4, -0.2) is 15.8 Å². The monoisotopic (exact) mass is 220 g/mol. The zero-order valence-corrected chi connectivity index (χ0v) is 9.22. The number of aromatic nitrogens is 2. The van der Waals surface area contributed by atoms with Crippen LogP contribution in [0.1, 0.15) is 26.2 Å². The van der Waals surface area contributed by atoms with E-state index in [9.17, 15) is 0 Å². The van der Waals surface area contributed by atoms with Gasteiger partial charge in [-0.15, -0.1) is 11.6 Å². The molecule has 4 heteroatoms. The predicted octanol–water partition coefficient (Wildman–Crippen LogP) is 3.55. The van der Waals surface area contributed by atoms with Crippen LogP contribution in [0.4, 0.5) is 0 Å². The number of hydrogen-bond donors (Lipinski definition) is 0. The second-order valence-electron chi connectivity index (χ2n) is 2.42. The third kappa shape index (κ3) is 9.57. The molecule has 0 atom stereocenters. The van der Waals surface area contributed by atoms with E-state index in [1.54, 1.807) is 12.4 Å². The highest BCUT2D eigenvalue weighted by Crippen LogP contribution is 1.95. The normalized spacial score (nSPS) is 8.85. The van der Waals surface area contributed by atoms with Gasteiger partial charge in [0.25, 0.3) is 0 Å². The molecule has 0 radical (unpaired) electrons. The fraction of sp³-hybridized carbons (Fsp3) is 0.556. The number of alkyl halides is 1. The van der Waals surface area contributed by atoms with Gasteiger partial charge in [-0.2, -0.15) is 0 Å². The molecule has 0 saturated heterocycles. The molecule has 0 aliphatic carbocycles. The van der Waals surface area contributed by atoms with E-state index >= 15 is 0 Å². The topological polar surface area (TPSA) is 25.8 Å². The Hall–Kier alpha value is -0.340. The minimum absolute atomic E-state index is 0.433. The van der Waals surface area contributed by atoms with E-state index in [4.69, 9.17) is 23.2 Å². The minimum atomic E-state index is 0.433. The fourth-order valence-corrected chi connectivity index (χ4v) is 0.927. The molecule has 0 aliphatic heterocycles. The predicted molar refractivity (Wildman–Crippen MR) is 57.3 cm³/mol. The smallest absolute Gasteiger partial charge is 0.147 e. The van der Waals surface area contributed by atoms with Crippen molar-refractivity contribution in [1.82, 2.24) is 9.97 Å². The Morgan fingerprint density at radius 3 is 2.31 bits per heavy atom. The third-order valence-electron chi connectivity index (χ3n) is 1.27. The number of rotatable bonds is 3. The maximum Gasteiger partial charge on any atom is 0.147 e. The highest BCUT2D eigenvalue weighted by Gasteiger charge is 1.78. The Kier molecular flexibility index (Phi) is 9.49. The van der Waals surface area contributed by atoms with Gasteiger partial charge in [0.1, 0.15) is 5.15 Å². The number of nitrogens with zero attached hydrogens (tertiary/aromatic N) is 2. The van der Waals surface area contributed by atoms with Crippen molar-refractivity contribution in [3.63, 3.8) is 0 Å². The molecule has 1 heterocycles. The molecule has 0 fully saturated rings. The van der Waals surface area contributed by atoms with E-state index < -0.39 is 0 Å². The van der Waals surface area contributed by atoms with Crippen molar-refractivity contribution in [3.05, 3.63) is 23.7 Å². The maximum atomic E-state index is 5.38. The van der Waals surface area contributed by atoms with Crippen LogP contribution in [0, 0.1) is 0 Å². The van der Waals surface area contributed by atoms with E-state index in [2.05, 4.69) is 16.9 Å². The third-order valence-corrected chi connectivity index (χ3v) is 1.73. The molecule has 0 N–H and O–H groups in total. The van der Waals surface area contributed by atoms with Crippen LogP contribution in [0.2, 0.25) is 5.15 Å². The second-order valence-corrected chi connectivity index (χ2v) is 3.19. The van der Waals surface area contributed by atoms with Crippen LogP contribution >= 0.6 is 23.2 Å².